The predicted octanol–water partition coefficient (Wildman–Crippen LogP) is 1.98. The van der Waals surface area contributed by atoms with E-state index in [1.807, 2.05) is 24.3 Å². The van der Waals surface area contributed by atoms with E-state index in [0.717, 1.165) is 25.1 Å². The van der Waals surface area contributed by atoms with Crippen LogP contribution in [-0.2, 0) is 0 Å². The number of rotatable bonds is 4. The third kappa shape index (κ3) is 3.28. The van der Waals surface area contributed by atoms with Gasteiger partial charge < -0.3 is 11.5 Å². The van der Waals surface area contributed by atoms with Gasteiger partial charge in [-0.3, -0.25) is 0 Å². The van der Waals surface area contributed by atoms with Crippen LogP contribution >= 0.6 is 12.6 Å². The summed E-state index contributed by atoms with van der Waals surface area (Å²) in [5.41, 5.74) is 13.1. The Kier molecular flexibility index (Phi) is 4.12. The van der Waals surface area contributed by atoms with Crippen molar-refractivity contribution in [3.8, 4) is 0 Å². The summed E-state index contributed by atoms with van der Waals surface area (Å²) in [6.45, 7) is 0.722. The summed E-state index contributed by atoms with van der Waals surface area (Å²) < 4.78 is 0. The van der Waals surface area contributed by atoms with Gasteiger partial charge in [-0.15, -0.1) is 0 Å². The first-order valence-corrected chi connectivity index (χ1v) is 4.99. The van der Waals surface area contributed by atoms with E-state index in [4.69, 9.17) is 11.5 Å². The average Bonchev–Trinajstić information content (AvgIpc) is 2.14. The van der Waals surface area contributed by atoms with Gasteiger partial charge in [-0.25, -0.2) is 0 Å². The molecule has 0 aliphatic carbocycles. The van der Waals surface area contributed by atoms with Crippen molar-refractivity contribution in [3.63, 3.8) is 0 Å². The zero-order valence-electron chi connectivity index (χ0n) is 7.61. The van der Waals surface area contributed by atoms with Crippen molar-refractivity contribution >= 4 is 18.3 Å². The minimum absolute atomic E-state index is 0.257. The van der Waals surface area contributed by atoms with E-state index in [2.05, 4.69) is 12.6 Å². The molecule has 0 saturated heterocycles. The average molecular weight is 196 g/mol. The molecular weight excluding hydrogens is 180 g/mol. The van der Waals surface area contributed by atoms with Crippen LogP contribution in [0.5, 0.6) is 0 Å². The molecule has 1 unspecified atom stereocenters. The van der Waals surface area contributed by atoms with Gasteiger partial charge in [-0.05, 0) is 37.1 Å². The lowest BCUT2D eigenvalue weighted by atomic mass is 10.1. The van der Waals surface area contributed by atoms with Gasteiger partial charge in [0, 0.05) is 10.9 Å². The van der Waals surface area contributed by atoms with Gasteiger partial charge in [0.05, 0.1) is 0 Å². The Balaban J connectivity index is 2.60. The summed E-state index contributed by atoms with van der Waals surface area (Å²) >= 11 is 4.49. The van der Waals surface area contributed by atoms with Crippen LogP contribution < -0.4 is 11.5 Å². The third-order valence-electron chi connectivity index (χ3n) is 1.98. The lowest BCUT2D eigenvalue weighted by molar-refractivity contribution is 0.736. The van der Waals surface area contributed by atoms with Crippen LogP contribution in [0.25, 0.3) is 0 Å². The van der Waals surface area contributed by atoms with E-state index in [-0.39, 0.29) is 5.25 Å². The zero-order chi connectivity index (χ0) is 9.68. The number of nitrogen functional groups attached to an aromatic ring is 1. The largest absolute Gasteiger partial charge is 0.399 e. The van der Waals surface area contributed by atoms with Crippen LogP contribution in [0.4, 0.5) is 5.69 Å². The van der Waals surface area contributed by atoms with E-state index in [1.165, 1.54) is 5.56 Å². The van der Waals surface area contributed by atoms with E-state index in [0.29, 0.717) is 0 Å². The van der Waals surface area contributed by atoms with Crippen molar-refractivity contribution in [2.75, 3.05) is 12.3 Å². The molecule has 0 saturated carbocycles. The summed E-state index contributed by atoms with van der Waals surface area (Å²) in [5.74, 6) is 0. The van der Waals surface area contributed by atoms with Gasteiger partial charge in [0.2, 0.25) is 0 Å². The molecule has 1 aromatic carbocycles. The number of nitrogens with two attached hydrogens (primary N) is 2. The van der Waals surface area contributed by atoms with Gasteiger partial charge in [0.25, 0.3) is 0 Å². The molecule has 0 amide bonds. The third-order valence-corrected chi connectivity index (χ3v) is 2.53. The van der Waals surface area contributed by atoms with Crippen LogP contribution in [0.2, 0.25) is 0 Å². The van der Waals surface area contributed by atoms with Crippen LogP contribution in [0.1, 0.15) is 23.7 Å². The monoisotopic (exact) mass is 196 g/mol. The van der Waals surface area contributed by atoms with Crippen LogP contribution in [-0.4, -0.2) is 6.54 Å². The minimum atomic E-state index is 0.257. The second-order valence-electron chi connectivity index (χ2n) is 3.12. The van der Waals surface area contributed by atoms with Gasteiger partial charge in [0.15, 0.2) is 0 Å². The highest BCUT2D eigenvalue weighted by Gasteiger charge is 2.05. The lowest BCUT2D eigenvalue weighted by Gasteiger charge is -2.10. The second kappa shape index (κ2) is 5.14. The normalized spacial score (nSPS) is 12.8. The van der Waals surface area contributed by atoms with Crippen LogP contribution in [0.3, 0.4) is 0 Å². The number of hydrogen-bond acceptors (Lipinski definition) is 3. The van der Waals surface area contributed by atoms with Crippen molar-refractivity contribution in [3.05, 3.63) is 29.8 Å². The maximum atomic E-state index is 5.67. The quantitative estimate of drug-likeness (QED) is 0.509. The summed E-state index contributed by atoms with van der Waals surface area (Å²) in [5, 5.41) is 0.257. The number of hydrogen-bond donors (Lipinski definition) is 3. The first-order valence-electron chi connectivity index (χ1n) is 4.47. The molecule has 0 aliphatic heterocycles. The molecule has 2 nitrogen and oxygen atoms in total. The van der Waals surface area contributed by atoms with Gasteiger partial charge in [0.1, 0.15) is 0 Å². The fraction of sp³-hybridized carbons (Fsp3) is 0.400. The fourth-order valence-electron chi connectivity index (χ4n) is 1.24. The van der Waals surface area contributed by atoms with Gasteiger partial charge in [-0.2, -0.15) is 12.6 Å². The van der Waals surface area contributed by atoms with Gasteiger partial charge in [-0.1, -0.05) is 12.1 Å². The number of anilines is 1. The molecule has 0 radical (unpaired) electrons. The zero-order valence-corrected chi connectivity index (χ0v) is 8.50. The molecule has 1 atom stereocenters. The van der Waals surface area contributed by atoms with Crippen molar-refractivity contribution in [1.82, 2.24) is 0 Å². The highest BCUT2D eigenvalue weighted by Crippen LogP contribution is 2.25. The standard InChI is InChI=1S/C10H16N2S/c11-6-2-5-10(13)8-3-1-4-9(12)7-8/h1,3-4,7,10,13H,2,5-6,11-12H2. The number of thiol groups is 1. The summed E-state index contributed by atoms with van der Waals surface area (Å²) in [6.07, 6.45) is 2.01. The molecule has 0 fully saturated rings. The molecule has 72 valence electrons. The molecule has 0 aromatic heterocycles. The molecule has 13 heavy (non-hydrogen) atoms. The van der Waals surface area contributed by atoms with Gasteiger partial charge >= 0.3 is 0 Å². The van der Waals surface area contributed by atoms with E-state index >= 15 is 0 Å². The lowest BCUT2D eigenvalue weighted by Crippen LogP contribution is -2.01. The maximum Gasteiger partial charge on any atom is 0.0317 e. The molecule has 0 bridgehead atoms. The first kappa shape index (κ1) is 10.4. The Morgan fingerprint density at radius 3 is 2.77 bits per heavy atom. The predicted molar refractivity (Wildman–Crippen MR) is 60.9 cm³/mol. The second-order valence-corrected chi connectivity index (χ2v) is 3.74. The molecule has 0 heterocycles. The van der Waals surface area contributed by atoms with Crippen molar-refractivity contribution in [2.24, 2.45) is 5.73 Å². The van der Waals surface area contributed by atoms with Crippen LogP contribution in [0, 0.1) is 0 Å². The Morgan fingerprint density at radius 1 is 1.38 bits per heavy atom. The van der Waals surface area contributed by atoms with Crippen molar-refractivity contribution in [1.29, 1.82) is 0 Å². The molecule has 1 aromatic rings. The molecule has 0 aliphatic rings. The summed E-state index contributed by atoms with van der Waals surface area (Å²) in [7, 11) is 0. The number of benzene rings is 1. The Bertz CT molecular complexity index is 263. The summed E-state index contributed by atoms with van der Waals surface area (Å²) in [6, 6.07) is 7.85. The Labute approximate surface area is 84.7 Å². The molecule has 1 rings (SSSR count). The SMILES string of the molecule is NCCCC(S)c1cccc(N)c1. The fourth-order valence-corrected chi connectivity index (χ4v) is 1.59. The highest BCUT2D eigenvalue weighted by atomic mass is 32.1. The molecule has 4 N–H and O–H groups in total. The maximum absolute atomic E-state index is 5.67. The Morgan fingerprint density at radius 2 is 2.15 bits per heavy atom. The van der Waals surface area contributed by atoms with E-state index in [1.54, 1.807) is 0 Å². The first-order chi connectivity index (χ1) is 6.24. The topological polar surface area (TPSA) is 52.0 Å². The minimum Gasteiger partial charge on any atom is -0.399 e. The molecular formula is C10H16N2S. The van der Waals surface area contributed by atoms with Crippen molar-refractivity contribution < 1.29 is 0 Å². The molecule has 0 spiro atoms. The molecule has 3 heteroatoms. The van der Waals surface area contributed by atoms with E-state index in [9.17, 15) is 0 Å². The van der Waals surface area contributed by atoms with E-state index < -0.39 is 0 Å². The Hall–Kier alpha value is -0.670. The summed E-state index contributed by atoms with van der Waals surface area (Å²) in [4.78, 5) is 0. The van der Waals surface area contributed by atoms with Crippen LogP contribution in [0.15, 0.2) is 24.3 Å². The smallest absolute Gasteiger partial charge is 0.0317 e. The highest BCUT2D eigenvalue weighted by molar-refractivity contribution is 7.80. The van der Waals surface area contributed by atoms with Crippen molar-refractivity contribution in [2.45, 2.75) is 18.1 Å².